The topological polar surface area (TPSA) is 93.7 Å². The van der Waals surface area contributed by atoms with Crippen LogP contribution >= 0.6 is 22.6 Å². The summed E-state index contributed by atoms with van der Waals surface area (Å²) in [5.74, 6) is 1.49. The van der Waals surface area contributed by atoms with Crippen LogP contribution in [0.5, 0.6) is 0 Å². The molecule has 0 atom stereocenters. The van der Waals surface area contributed by atoms with E-state index in [9.17, 15) is 0 Å². The standard InChI is InChI=1S/C23H30IN7/c24-16-5-3-4-15(12-16)13-26-21-20-22(31(14-27-20)19-6-1-2-7-19)30-23(29-21)28-18-10-8-17(25)9-11-18/h3-5,12,14,17-19H,1-2,6-11,13,25H2,(H2,26,28,29,30)/t17-,18-. The quantitative estimate of drug-likeness (QED) is 0.395. The Balaban J connectivity index is 1.45. The van der Waals surface area contributed by atoms with E-state index in [0.29, 0.717) is 30.6 Å². The Hall–Kier alpha value is -1.94. The minimum Gasteiger partial charge on any atom is -0.364 e. The highest BCUT2D eigenvalue weighted by Crippen LogP contribution is 2.33. The van der Waals surface area contributed by atoms with Gasteiger partial charge in [-0.2, -0.15) is 9.97 Å². The van der Waals surface area contributed by atoms with Gasteiger partial charge >= 0.3 is 0 Å². The molecule has 7 nitrogen and oxygen atoms in total. The van der Waals surface area contributed by atoms with Gasteiger partial charge in [0.2, 0.25) is 5.95 Å². The lowest BCUT2D eigenvalue weighted by atomic mass is 9.92. The molecule has 2 aliphatic carbocycles. The number of imidazole rings is 1. The van der Waals surface area contributed by atoms with Crippen molar-refractivity contribution >= 4 is 45.5 Å². The third-order valence-corrected chi connectivity index (χ3v) is 7.26. The summed E-state index contributed by atoms with van der Waals surface area (Å²) in [6, 6.07) is 9.71. The van der Waals surface area contributed by atoms with Crippen LogP contribution in [0.3, 0.4) is 0 Å². The molecule has 0 spiro atoms. The normalized spacial score (nSPS) is 22.1. The summed E-state index contributed by atoms with van der Waals surface area (Å²) in [6.45, 7) is 0.705. The zero-order valence-corrected chi connectivity index (χ0v) is 19.9. The second kappa shape index (κ2) is 9.28. The molecule has 4 N–H and O–H groups in total. The maximum Gasteiger partial charge on any atom is 0.227 e. The van der Waals surface area contributed by atoms with Crippen molar-refractivity contribution in [3.63, 3.8) is 0 Å². The number of nitrogens with zero attached hydrogens (tertiary/aromatic N) is 4. The molecule has 3 aromatic rings. The first-order valence-corrected chi connectivity index (χ1v) is 12.5. The zero-order chi connectivity index (χ0) is 21.2. The molecule has 0 saturated heterocycles. The fourth-order valence-corrected chi connectivity index (χ4v) is 5.44. The summed E-state index contributed by atoms with van der Waals surface area (Å²) in [5, 5.41) is 7.12. The smallest absolute Gasteiger partial charge is 0.227 e. The van der Waals surface area contributed by atoms with Crippen molar-refractivity contribution in [2.75, 3.05) is 10.6 Å². The number of hydrogen-bond donors (Lipinski definition) is 3. The fraction of sp³-hybridized carbons (Fsp3) is 0.522. The van der Waals surface area contributed by atoms with E-state index in [1.165, 1.54) is 34.8 Å². The lowest BCUT2D eigenvalue weighted by Gasteiger charge is -2.27. The van der Waals surface area contributed by atoms with Crippen LogP contribution in [0.1, 0.15) is 63.0 Å². The SMILES string of the molecule is N[C@H]1CC[C@H](Nc2nc(NCc3cccc(I)c3)c3ncn(C4CCCC4)c3n2)CC1. The molecule has 0 bridgehead atoms. The van der Waals surface area contributed by atoms with E-state index in [4.69, 9.17) is 20.7 Å². The van der Waals surface area contributed by atoms with Gasteiger partial charge in [0.05, 0.1) is 6.33 Å². The Morgan fingerprint density at radius 1 is 1.06 bits per heavy atom. The number of rotatable bonds is 6. The minimum atomic E-state index is 0.330. The van der Waals surface area contributed by atoms with Crippen LogP contribution in [0.25, 0.3) is 11.2 Å². The second-order valence-electron chi connectivity index (χ2n) is 8.90. The van der Waals surface area contributed by atoms with Crippen molar-refractivity contribution < 1.29 is 0 Å². The molecular formula is C23H30IN7. The van der Waals surface area contributed by atoms with Crippen LogP contribution in [0.4, 0.5) is 11.8 Å². The molecule has 2 fully saturated rings. The van der Waals surface area contributed by atoms with E-state index < -0.39 is 0 Å². The highest BCUT2D eigenvalue weighted by molar-refractivity contribution is 14.1. The van der Waals surface area contributed by atoms with Crippen LogP contribution in [-0.4, -0.2) is 31.6 Å². The molecule has 0 radical (unpaired) electrons. The number of anilines is 2. The van der Waals surface area contributed by atoms with E-state index in [-0.39, 0.29) is 0 Å². The van der Waals surface area contributed by atoms with E-state index in [1.54, 1.807) is 0 Å². The number of nitrogens with one attached hydrogen (secondary N) is 2. The summed E-state index contributed by atoms with van der Waals surface area (Å²) in [4.78, 5) is 14.5. The van der Waals surface area contributed by atoms with Crippen LogP contribution in [0.2, 0.25) is 0 Å². The summed E-state index contributed by atoms with van der Waals surface area (Å²) in [6.07, 6.45) is 11.1. The number of fused-ring (bicyclic) bond motifs is 1. The van der Waals surface area contributed by atoms with E-state index >= 15 is 0 Å². The van der Waals surface area contributed by atoms with E-state index in [1.807, 2.05) is 6.33 Å². The average Bonchev–Trinajstić information content (AvgIpc) is 3.43. The number of hydrogen-bond acceptors (Lipinski definition) is 6. The predicted octanol–water partition coefficient (Wildman–Crippen LogP) is 4.84. The van der Waals surface area contributed by atoms with Crippen molar-refractivity contribution in [3.8, 4) is 0 Å². The molecule has 5 rings (SSSR count). The number of nitrogens with two attached hydrogens (primary N) is 1. The lowest BCUT2D eigenvalue weighted by Crippen LogP contribution is -2.33. The van der Waals surface area contributed by atoms with Crippen LogP contribution in [0, 0.1) is 3.57 Å². The lowest BCUT2D eigenvalue weighted by molar-refractivity contribution is 0.410. The summed E-state index contributed by atoms with van der Waals surface area (Å²) >= 11 is 2.35. The fourth-order valence-electron chi connectivity index (χ4n) is 4.83. The molecule has 1 aromatic carbocycles. The van der Waals surface area contributed by atoms with Gasteiger partial charge in [0.1, 0.15) is 0 Å². The summed E-state index contributed by atoms with van der Waals surface area (Å²) in [7, 11) is 0. The summed E-state index contributed by atoms with van der Waals surface area (Å²) in [5.41, 5.74) is 9.10. The molecule has 2 saturated carbocycles. The monoisotopic (exact) mass is 531 g/mol. The average molecular weight is 531 g/mol. The van der Waals surface area contributed by atoms with Gasteiger partial charge in [-0.3, -0.25) is 0 Å². The Labute approximate surface area is 196 Å². The highest BCUT2D eigenvalue weighted by atomic mass is 127. The Morgan fingerprint density at radius 3 is 2.65 bits per heavy atom. The first-order chi connectivity index (χ1) is 15.2. The molecule has 2 heterocycles. The van der Waals surface area contributed by atoms with Gasteiger partial charge in [0.25, 0.3) is 0 Å². The Kier molecular flexibility index (Phi) is 6.27. The predicted molar refractivity (Wildman–Crippen MR) is 133 cm³/mol. The van der Waals surface area contributed by atoms with Gasteiger partial charge < -0.3 is 20.9 Å². The number of aromatic nitrogens is 4. The van der Waals surface area contributed by atoms with Gasteiger partial charge in [-0.05, 0) is 78.8 Å². The van der Waals surface area contributed by atoms with Crippen molar-refractivity contribution in [1.29, 1.82) is 0 Å². The van der Waals surface area contributed by atoms with Crippen LogP contribution in [0.15, 0.2) is 30.6 Å². The third-order valence-electron chi connectivity index (χ3n) is 6.59. The largest absolute Gasteiger partial charge is 0.364 e. The van der Waals surface area contributed by atoms with Gasteiger partial charge in [0, 0.05) is 28.2 Å². The highest BCUT2D eigenvalue weighted by Gasteiger charge is 2.23. The molecule has 0 unspecified atom stereocenters. The molecule has 2 aromatic heterocycles. The Morgan fingerprint density at radius 2 is 1.87 bits per heavy atom. The third kappa shape index (κ3) is 4.79. The van der Waals surface area contributed by atoms with Crippen LogP contribution < -0.4 is 16.4 Å². The zero-order valence-electron chi connectivity index (χ0n) is 17.7. The van der Waals surface area contributed by atoms with Crippen molar-refractivity contribution in [3.05, 3.63) is 39.7 Å². The molecule has 31 heavy (non-hydrogen) atoms. The molecule has 2 aliphatic rings. The van der Waals surface area contributed by atoms with Crippen LogP contribution in [-0.2, 0) is 6.54 Å². The van der Waals surface area contributed by atoms with Crippen molar-refractivity contribution in [2.24, 2.45) is 5.73 Å². The number of halogens is 1. The first-order valence-electron chi connectivity index (χ1n) is 11.4. The van der Waals surface area contributed by atoms with Gasteiger partial charge in [-0.25, -0.2) is 4.98 Å². The maximum absolute atomic E-state index is 6.09. The van der Waals surface area contributed by atoms with E-state index in [0.717, 1.165) is 42.7 Å². The van der Waals surface area contributed by atoms with E-state index in [2.05, 4.69) is 62.1 Å². The molecular weight excluding hydrogens is 501 g/mol. The molecule has 164 valence electrons. The maximum atomic E-state index is 6.09. The van der Waals surface area contributed by atoms with Gasteiger partial charge in [-0.1, -0.05) is 25.0 Å². The summed E-state index contributed by atoms with van der Waals surface area (Å²) < 4.78 is 3.50. The molecule has 8 heteroatoms. The van der Waals surface area contributed by atoms with Crippen molar-refractivity contribution in [2.45, 2.75) is 76.0 Å². The molecule has 0 amide bonds. The first kappa shape index (κ1) is 20.9. The van der Waals surface area contributed by atoms with Crippen molar-refractivity contribution in [1.82, 2.24) is 19.5 Å². The Bertz CT molecular complexity index is 1040. The second-order valence-corrected chi connectivity index (χ2v) is 10.1. The number of benzene rings is 1. The minimum absolute atomic E-state index is 0.330. The molecule has 0 aliphatic heterocycles. The van der Waals surface area contributed by atoms with Gasteiger partial charge in [-0.15, -0.1) is 0 Å². The van der Waals surface area contributed by atoms with Gasteiger partial charge in [0.15, 0.2) is 17.0 Å².